The molecule has 0 N–H and O–H groups in total. The number of benzene rings is 1. The van der Waals surface area contributed by atoms with E-state index in [1.807, 2.05) is 48.6 Å². The average molecular weight is 374 g/mol. The van der Waals surface area contributed by atoms with E-state index in [0.717, 1.165) is 34.0 Å². The smallest absolute Gasteiger partial charge is 0.162 e. The van der Waals surface area contributed by atoms with Gasteiger partial charge in [0.1, 0.15) is 11.3 Å². The van der Waals surface area contributed by atoms with Crippen LogP contribution in [0.25, 0.3) is 38.1 Å². The minimum Gasteiger partial charge on any atom is -0.789 e. The Morgan fingerprint density at radius 1 is 0.931 bits per heavy atom. The maximum absolute atomic E-state index is 9.59. The van der Waals surface area contributed by atoms with Gasteiger partial charge in [-0.1, -0.05) is 35.1 Å². The molecular formula is C23H14N6. The summed E-state index contributed by atoms with van der Waals surface area (Å²) in [5.74, 6) is 0.942. The van der Waals surface area contributed by atoms with Gasteiger partial charge in [-0.25, -0.2) is 4.98 Å². The van der Waals surface area contributed by atoms with Crippen molar-refractivity contribution in [2.75, 3.05) is 0 Å². The Kier molecular flexibility index (Phi) is 4.84. The molecule has 136 valence electrons. The molecule has 0 saturated heterocycles. The Bertz CT molecular complexity index is 1140. The normalized spacial score (nSPS) is 15.0. The van der Waals surface area contributed by atoms with Crippen LogP contribution in [0.15, 0.2) is 84.0 Å². The van der Waals surface area contributed by atoms with Crippen molar-refractivity contribution in [2.24, 2.45) is 5.11 Å². The highest BCUT2D eigenvalue weighted by atomic mass is 15.1. The Morgan fingerprint density at radius 2 is 1.66 bits per heavy atom. The first kappa shape index (κ1) is 18.1. The fraction of sp³-hybridized carbons (Fsp3) is 0. The molecule has 6 heteroatoms. The third-order valence-corrected chi connectivity index (χ3v) is 4.51. The number of azide groups is 1. The quantitative estimate of drug-likeness (QED) is 0.282. The zero-order valence-electron chi connectivity index (χ0n) is 15.3. The van der Waals surface area contributed by atoms with Gasteiger partial charge in [0.05, 0.1) is 23.6 Å². The second-order valence-electron chi connectivity index (χ2n) is 6.46. The molecule has 2 aromatic rings. The van der Waals surface area contributed by atoms with Gasteiger partial charge < -0.3 is 10.8 Å². The van der Waals surface area contributed by atoms with Crippen LogP contribution in [-0.2, 0) is 0 Å². The van der Waals surface area contributed by atoms with E-state index in [1.165, 1.54) is 0 Å². The molecule has 0 bridgehead atoms. The van der Waals surface area contributed by atoms with E-state index in [9.17, 15) is 10.8 Å². The summed E-state index contributed by atoms with van der Waals surface area (Å²) >= 11 is 0. The molecule has 4 rings (SSSR count). The van der Waals surface area contributed by atoms with E-state index in [2.05, 4.69) is 10.0 Å². The first-order chi connectivity index (χ1) is 14.1. The molecule has 0 atom stereocenters. The lowest BCUT2D eigenvalue weighted by Crippen LogP contribution is -2.04. The van der Waals surface area contributed by atoms with Crippen LogP contribution in [0.5, 0.6) is 0 Å². The van der Waals surface area contributed by atoms with Crippen molar-refractivity contribution in [3.05, 3.63) is 124 Å². The summed E-state index contributed by atoms with van der Waals surface area (Å²) in [6.07, 6.45) is 13.9. The van der Waals surface area contributed by atoms with Crippen LogP contribution >= 0.6 is 0 Å². The second-order valence-corrected chi connectivity index (χ2v) is 6.46. The van der Waals surface area contributed by atoms with Gasteiger partial charge in [-0.05, 0) is 23.4 Å². The molecule has 0 spiro atoms. The molecule has 0 amide bonds. The maximum atomic E-state index is 9.59. The van der Waals surface area contributed by atoms with Crippen LogP contribution in [0, 0.1) is 12.3 Å². The summed E-state index contributed by atoms with van der Waals surface area (Å²) in [7, 11) is 0. The molecule has 29 heavy (non-hydrogen) atoms. The number of rotatable bonds is 4. The predicted molar refractivity (Wildman–Crippen MR) is 117 cm³/mol. The van der Waals surface area contributed by atoms with Gasteiger partial charge in [0.15, 0.2) is 5.69 Å². The zero-order valence-corrected chi connectivity index (χ0v) is 15.3. The van der Waals surface area contributed by atoms with Crippen LogP contribution in [0.1, 0.15) is 11.3 Å². The number of aromatic nitrogens is 1. The molecule has 1 heterocycles. The number of allylic oxidation sites excluding steroid dienone is 8. The minimum absolute atomic E-state index is 0.192. The van der Waals surface area contributed by atoms with E-state index in [4.69, 9.17) is 10.5 Å². The molecule has 1 aromatic heterocycles. The molecule has 0 aliphatic heterocycles. The monoisotopic (exact) mass is 374 g/mol. The third kappa shape index (κ3) is 4.03. The lowest BCUT2D eigenvalue weighted by molar-refractivity contribution is 1.23. The van der Waals surface area contributed by atoms with Crippen LogP contribution in [0.3, 0.4) is 0 Å². The summed E-state index contributed by atoms with van der Waals surface area (Å²) in [4.78, 5) is 7.59. The van der Waals surface area contributed by atoms with Gasteiger partial charge in [0.2, 0.25) is 0 Å². The lowest BCUT2D eigenvalue weighted by atomic mass is 9.91. The van der Waals surface area contributed by atoms with Crippen molar-refractivity contribution < 1.29 is 0 Å². The maximum Gasteiger partial charge on any atom is 0.162 e. The second kappa shape index (κ2) is 7.76. The summed E-state index contributed by atoms with van der Waals surface area (Å²) in [6.45, 7) is 0. The Balaban J connectivity index is 1.79. The minimum atomic E-state index is 0.192. The number of pyridine rings is 1. The standard InChI is InChI=1S/C23H14N6/c24-19-7-1-15(2-8-19)18-13-22(16-3-9-20(25)10-4-16)27-23(14-18)17-5-11-21(12-6-17)28-29-26/h1-14H. The van der Waals surface area contributed by atoms with Crippen LogP contribution in [0.2, 0.25) is 0 Å². The highest BCUT2D eigenvalue weighted by molar-refractivity contribution is 6.10. The van der Waals surface area contributed by atoms with Gasteiger partial charge in [0.25, 0.3) is 0 Å². The summed E-state index contributed by atoms with van der Waals surface area (Å²) in [6, 6.07) is 11.1. The van der Waals surface area contributed by atoms with E-state index in [-0.39, 0.29) is 11.4 Å². The average Bonchev–Trinajstić information content (AvgIpc) is 2.75. The van der Waals surface area contributed by atoms with Crippen molar-refractivity contribution in [1.82, 2.24) is 4.98 Å². The summed E-state index contributed by atoms with van der Waals surface area (Å²) < 4.78 is 0. The molecule has 2 aliphatic rings. The van der Waals surface area contributed by atoms with Gasteiger partial charge in [-0.15, -0.1) is 0 Å². The molecule has 1 aromatic carbocycles. The topological polar surface area (TPSA) is 106 Å². The van der Waals surface area contributed by atoms with Gasteiger partial charge >= 0.3 is 0 Å². The molecule has 0 fully saturated rings. The van der Waals surface area contributed by atoms with E-state index in [0.29, 0.717) is 5.69 Å². The first-order valence-corrected chi connectivity index (χ1v) is 8.89. The van der Waals surface area contributed by atoms with Gasteiger partial charge in [-0.2, -0.15) is 0 Å². The van der Waals surface area contributed by atoms with E-state index < -0.39 is 0 Å². The van der Waals surface area contributed by atoms with Crippen LogP contribution in [-0.4, -0.2) is 16.4 Å². The fourth-order valence-corrected chi connectivity index (χ4v) is 3.03. The Hall–Kier alpha value is -4.28. The highest BCUT2D eigenvalue weighted by Gasteiger charge is 2.21. The third-order valence-electron chi connectivity index (χ3n) is 4.51. The van der Waals surface area contributed by atoms with Crippen molar-refractivity contribution in [2.45, 2.75) is 0 Å². The Morgan fingerprint density at radius 3 is 2.31 bits per heavy atom. The number of hydrogen-bond donors (Lipinski definition) is 0. The largest absolute Gasteiger partial charge is 0.789 e. The van der Waals surface area contributed by atoms with Gasteiger partial charge in [0, 0.05) is 52.9 Å². The molecular weight excluding hydrogens is 360 g/mol. The molecule has 2 aliphatic carbocycles. The number of hydrogen-bond acceptors (Lipinski definition) is 2. The van der Waals surface area contributed by atoms with Crippen molar-refractivity contribution >= 4 is 22.7 Å². The van der Waals surface area contributed by atoms with Crippen molar-refractivity contribution in [3.63, 3.8) is 0 Å². The summed E-state index contributed by atoms with van der Waals surface area (Å²) in [5.41, 5.74) is 13.7. The summed E-state index contributed by atoms with van der Waals surface area (Å²) in [5, 5.41) is 22.8. The molecule has 0 saturated carbocycles. The fourth-order valence-electron chi connectivity index (χ4n) is 3.03. The van der Waals surface area contributed by atoms with E-state index in [1.54, 1.807) is 36.8 Å². The molecule has 0 unspecified atom stereocenters. The Labute approximate surface area is 168 Å². The SMILES string of the molecule is [N-]=[N+]=Nc1ccc(-c2cc([C+]3C=CC(=[N-])C=C3)cc(C3=C[CH+]C(=[N-])C=C3)n2)cc1. The number of nitrogens with zero attached hydrogens (tertiary/aromatic N) is 6. The predicted octanol–water partition coefficient (Wildman–Crippen LogP) is 5.92. The lowest BCUT2D eigenvalue weighted by Gasteiger charge is -2.11. The molecule has 6 nitrogen and oxygen atoms in total. The van der Waals surface area contributed by atoms with Crippen LogP contribution < -0.4 is 0 Å². The van der Waals surface area contributed by atoms with Gasteiger partial charge in [-0.3, -0.25) is 0 Å². The van der Waals surface area contributed by atoms with Crippen LogP contribution in [0.4, 0.5) is 5.69 Å². The highest BCUT2D eigenvalue weighted by Crippen LogP contribution is 2.30. The van der Waals surface area contributed by atoms with Crippen molar-refractivity contribution in [1.29, 1.82) is 0 Å². The van der Waals surface area contributed by atoms with Crippen molar-refractivity contribution in [3.8, 4) is 11.3 Å². The molecule has 0 radical (unpaired) electrons. The van der Waals surface area contributed by atoms with E-state index >= 15 is 0 Å². The zero-order chi connectivity index (χ0) is 20.2. The first-order valence-electron chi connectivity index (χ1n) is 8.89.